The molecule has 1 aliphatic heterocycles. The summed E-state index contributed by atoms with van der Waals surface area (Å²) in [5, 5.41) is 3.04. The van der Waals surface area contributed by atoms with Gasteiger partial charge in [0.05, 0.1) is 23.7 Å². The van der Waals surface area contributed by atoms with Crippen molar-refractivity contribution >= 4 is 21.5 Å². The molecule has 3 rings (SSSR count). The van der Waals surface area contributed by atoms with Crippen LogP contribution in [0.3, 0.4) is 0 Å². The SMILES string of the molecule is CC(=O)c1c(F)cccc1NCc1ccc(S(=O)(=O)N2CCOCC2)cc1. The summed E-state index contributed by atoms with van der Waals surface area (Å²) in [5.41, 5.74) is 1.24. The van der Waals surface area contributed by atoms with Crippen LogP contribution in [0.25, 0.3) is 0 Å². The van der Waals surface area contributed by atoms with Crippen molar-refractivity contribution in [3.63, 3.8) is 0 Å². The average molecular weight is 392 g/mol. The Morgan fingerprint density at radius 3 is 2.44 bits per heavy atom. The van der Waals surface area contributed by atoms with E-state index < -0.39 is 15.8 Å². The zero-order chi connectivity index (χ0) is 19.4. The minimum Gasteiger partial charge on any atom is -0.380 e. The van der Waals surface area contributed by atoms with Gasteiger partial charge in [0.2, 0.25) is 10.0 Å². The predicted molar refractivity (Wildman–Crippen MR) is 99.8 cm³/mol. The Morgan fingerprint density at radius 1 is 1.15 bits per heavy atom. The Labute approximate surface area is 158 Å². The molecule has 0 bridgehead atoms. The van der Waals surface area contributed by atoms with E-state index in [2.05, 4.69) is 5.32 Å². The minimum atomic E-state index is -3.53. The maximum Gasteiger partial charge on any atom is 0.243 e. The number of Topliss-reactive ketones (excluding diaryl/α,β-unsaturated/α-hetero) is 1. The van der Waals surface area contributed by atoms with Crippen LogP contribution in [0.5, 0.6) is 0 Å². The number of benzene rings is 2. The van der Waals surface area contributed by atoms with Crippen LogP contribution in [-0.2, 0) is 21.3 Å². The molecule has 0 aromatic heterocycles. The lowest BCUT2D eigenvalue weighted by molar-refractivity contribution is 0.0730. The Morgan fingerprint density at radius 2 is 1.81 bits per heavy atom. The first-order chi connectivity index (χ1) is 12.9. The number of halogens is 1. The monoisotopic (exact) mass is 392 g/mol. The second-order valence-electron chi connectivity index (χ2n) is 6.23. The molecule has 8 heteroatoms. The van der Waals surface area contributed by atoms with Crippen LogP contribution in [-0.4, -0.2) is 44.8 Å². The van der Waals surface area contributed by atoms with Crippen LogP contribution in [0.15, 0.2) is 47.4 Å². The number of ketones is 1. The lowest BCUT2D eigenvalue weighted by Crippen LogP contribution is -2.40. The molecule has 1 heterocycles. The van der Waals surface area contributed by atoms with E-state index in [1.807, 2.05) is 0 Å². The van der Waals surface area contributed by atoms with Crippen molar-refractivity contribution in [2.24, 2.45) is 0 Å². The molecule has 6 nitrogen and oxygen atoms in total. The number of morpholine rings is 1. The number of sulfonamides is 1. The van der Waals surface area contributed by atoms with E-state index in [4.69, 9.17) is 4.74 Å². The highest BCUT2D eigenvalue weighted by Crippen LogP contribution is 2.21. The van der Waals surface area contributed by atoms with Gasteiger partial charge >= 0.3 is 0 Å². The van der Waals surface area contributed by atoms with Crippen molar-refractivity contribution in [1.29, 1.82) is 0 Å². The van der Waals surface area contributed by atoms with Gasteiger partial charge in [-0.2, -0.15) is 4.31 Å². The van der Waals surface area contributed by atoms with Gasteiger partial charge in [0.25, 0.3) is 0 Å². The van der Waals surface area contributed by atoms with Crippen LogP contribution in [0, 0.1) is 5.82 Å². The van der Waals surface area contributed by atoms with Crippen molar-refractivity contribution < 1.29 is 22.3 Å². The van der Waals surface area contributed by atoms with Crippen molar-refractivity contribution in [1.82, 2.24) is 4.31 Å². The number of anilines is 1. The number of nitrogens with one attached hydrogen (secondary N) is 1. The molecule has 1 saturated heterocycles. The van der Waals surface area contributed by atoms with E-state index in [0.29, 0.717) is 38.5 Å². The summed E-state index contributed by atoms with van der Waals surface area (Å²) in [7, 11) is -3.53. The maximum atomic E-state index is 13.8. The number of nitrogens with zero attached hydrogens (tertiary/aromatic N) is 1. The number of rotatable bonds is 6. The molecule has 0 radical (unpaired) electrons. The molecule has 0 amide bonds. The molecule has 1 N–H and O–H groups in total. The number of carbonyl (C=O) groups is 1. The largest absolute Gasteiger partial charge is 0.380 e. The highest BCUT2D eigenvalue weighted by atomic mass is 32.2. The third kappa shape index (κ3) is 4.35. The molecular formula is C19H21FN2O4S. The fourth-order valence-corrected chi connectivity index (χ4v) is 4.35. The number of ether oxygens (including phenoxy) is 1. The van der Waals surface area contributed by atoms with Crippen LogP contribution >= 0.6 is 0 Å². The molecule has 1 aliphatic rings. The molecule has 27 heavy (non-hydrogen) atoms. The van der Waals surface area contributed by atoms with E-state index >= 15 is 0 Å². The second-order valence-corrected chi connectivity index (χ2v) is 8.17. The molecule has 2 aromatic rings. The quantitative estimate of drug-likeness (QED) is 0.765. The van der Waals surface area contributed by atoms with Crippen molar-refractivity contribution in [2.75, 3.05) is 31.6 Å². The van der Waals surface area contributed by atoms with Gasteiger partial charge in [-0.15, -0.1) is 0 Å². The van der Waals surface area contributed by atoms with E-state index in [1.165, 1.54) is 23.4 Å². The van der Waals surface area contributed by atoms with E-state index in [1.54, 1.807) is 30.3 Å². The first-order valence-electron chi connectivity index (χ1n) is 8.60. The standard InChI is InChI=1S/C19H21FN2O4S/c1-14(23)19-17(20)3-2-4-18(19)21-13-15-5-7-16(8-6-15)27(24,25)22-9-11-26-12-10-22/h2-8,21H,9-13H2,1H3. The normalized spacial score (nSPS) is 15.5. The van der Waals surface area contributed by atoms with Crippen LogP contribution in [0.1, 0.15) is 22.8 Å². The van der Waals surface area contributed by atoms with Gasteiger partial charge in [-0.25, -0.2) is 12.8 Å². The number of carbonyl (C=O) groups excluding carboxylic acids is 1. The lowest BCUT2D eigenvalue weighted by atomic mass is 10.1. The summed E-state index contributed by atoms with van der Waals surface area (Å²) in [4.78, 5) is 11.9. The average Bonchev–Trinajstić information content (AvgIpc) is 2.67. The summed E-state index contributed by atoms with van der Waals surface area (Å²) in [5.74, 6) is -0.929. The van der Waals surface area contributed by atoms with Gasteiger partial charge in [-0.05, 0) is 36.8 Å². The number of hydrogen-bond acceptors (Lipinski definition) is 5. The van der Waals surface area contributed by atoms with Gasteiger partial charge in [-0.3, -0.25) is 4.79 Å². The zero-order valence-electron chi connectivity index (χ0n) is 14.9. The fourth-order valence-electron chi connectivity index (χ4n) is 2.94. The topological polar surface area (TPSA) is 75.7 Å². The third-order valence-corrected chi connectivity index (χ3v) is 6.29. The summed E-state index contributed by atoms with van der Waals surface area (Å²) >= 11 is 0. The van der Waals surface area contributed by atoms with Gasteiger partial charge in [0.1, 0.15) is 5.82 Å². The molecule has 1 fully saturated rings. The zero-order valence-corrected chi connectivity index (χ0v) is 15.8. The summed E-state index contributed by atoms with van der Waals surface area (Å²) in [6.45, 7) is 3.13. The van der Waals surface area contributed by atoms with Crippen LogP contribution in [0.2, 0.25) is 0 Å². The Kier molecular flexibility index (Phi) is 5.88. The van der Waals surface area contributed by atoms with E-state index in [-0.39, 0.29) is 16.2 Å². The van der Waals surface area contributed by atoms with E-state index in [0.717, 1.165) is 5.56 Å². The Balaban J connectivity index is 1.72. The van der Waals surface area contributed by atoms with Crippen LogP contribution < -0.4 is 5.32 Å². The smallest absolute Gasteiger partial charge is 0.243 e. The summed E-state index contributed by atoms with van der Waals surface area (Å²) in [6, 6.07) is 10.9. The molecule has 0 unspecified atom stereocenters. The van der Waals surface area contributed by atoms with Crippen molar-refractivity contribution in [3.05, 3.63) is 59.4 Å². The lowest BCUT2D eigenvalue weighted by Gasteiger charge is -2.26. The molecule has 0 spiro atoms. The van der Waals surface area contributed by atoms with Gasteiger partial charge in [-0.1, -0.05) is 18.2 Å². The molecule has 144 valence electrons. The van der Waals surface area contributed by atoms with Crippen LogP contribution in [0.4, 0.5) is 10.1 Å². The van der Waals surface area contributed by atoms with E-state index in [9.17, 15) is 17.6 Å². The van der Waals surface area contributed by atoms with Crippen molar-refractivity contribution in [3.8, 4) is 0 Å². The molecular weight excluding hydrogens is 371 g/mol. The van der Waals surface area contributed by atoms with Crippen molar-refractivity contribution in [2.45, 2.75) is 18.4 Å². The molecule has 0 atom stereocenters. The highest BCUT2D eigenvalue weighted by Gasteiger charge is 2.26. The number of hydrogen-bond donors (Lipinski definition) is 1. The predicted octanol–water partition coefficient (Wildman–Crippen LogP) is 2.66. The Hall–Kier alpha value is -2.29. The summed E-state index contributed by atoms with van der Waals surface area (Å²) in [6.07, 6.45) is 0. The second kappa shape index (κ2) is 8.16. The molecule has 2 aromatic carbocycles. The fraction of sp³-hybridized carbons (Fsp3) is 0.316. The highest BCUT2D eigenvalue weighted by molar-refractivity contribution is 7.89. The minimum absolute atomic E-state index is 0.0176. The van der Waals surface area contributed by atoms with Gasteiger partial charge in [0.15, 0.2) is 5.78 Å². The maximum absolute atomic E-state index is 13.8. The van der Waals surface area contributed by atoms with Gasteiger partial charge in [0, 0.05) is 25.3 Å². The summed E-state index contributed by atoms with van der Waals surface area (Å²) < 4.78 is 45.7. The Bertz CT molecular complexity index is 923. The molecule has 0 saturated carbocycles. The first-order valence-corrected chi connectivity index (χ1v) is 10.0. The first kappa shape index (κ1) is 19.5. The van der Waals surface area contributed by atoms with Gasteiger partial charge < -0.3 is 10.1 Å². The third-order valence-electron chi connectivity index (χ3n) is 4.38. The molecule has 0 aliphatic carbocycles.